The molecular formula is C35H25Cl3FN5O2. The Bertz CT molecular complexity index is 1960. The Morgan fingerprint density at radius 3 is 2.35 bits per heavy atom. The van der Waals surface area contributed by atoms with E-state index in [4.69, 9.17) is 39.5 Å². The first kappa shape index (κ1) is 31.4. The van der Waals surface area contributed by atoms with E-state index in [1.807, 2.05) is 72.8 Å². The molecule has 1 aliphatic rings. The summed E-state index contributed by atoms with van der Waals surface area (Å²) in [5, 5.41) is 8.53. The summed E-state index contributed by atoms with van der Waals surface area (Å²) >= 11 is 18.2. The van der Waals surface area contributed by atoms with Crippen molar-refractivity contribution in [3.63, 3.8) is 0 Å². The number of pyridine rings is 1. The highest BCUT2D eigenvalue weighted by molar-refractivity contribution is 6.33. The predicted molar refractivity (Wildman–Crippen MR) is 177 cm³/mol. The summed E-state index contributed by atoms with van der Waals surface area (Å²) in [4.78, 5) is 20.3. The highest BCUT2D eigenvalue weighted by Crippen LogP contribution is 2.59. The van der Waals surface area contributed by atoms with Crippen LogP contribution in [0, 0.1) is 5.82 Å². The maximum atomic E-state index is 13.3. The van der Waals surface area contributed by atoms with Gasteiger partial charge in [0.25, 0.3) is 5.91 Å². The minimum atomic E-state index is -0.619. The Kier molecular flexibility index (Phi) is 9.42. The molecule has 2 aromatic heterocycles. The highest BCUT2D eigenvalue weighted by atomic mass is 35.5. The van der Waals surface area contributed by atoms with E-state index in [0.717, 1.165) is 22.3 Å². The maximum absolute atomic E-state index is 13.3. The van der Waals surface area contributed by atoms with E-state index in [1.54, 1.807) is 41.5 Å². The van der Waals surface area contributed by atoms with Gasteiger partial charge in [0.1, 0.15) is 35.3 Å². The van der Waals surface area contributed by atoms with Gasteiger partial charge in [-0.2, -0.15) is 5.10 Å². The Morgan fingerprint density at radius 2 is 1.63 bits per heavy atom. The number of halogens is 4. The average Bonchev–Trinajstić information content (AvgIpc) is 3.54. The van der Waals surface area contributed by atoms with E-state index < -0.39 is 5.60 Å². The third-order valence-electron chi connectivity index (χ3n) is 7.41. The van der Waals surface area contributed by atoms with Gasteiger partial charge in [0.15, 0.2) is 0 Å². The second-order valence-electron chi connectivity index (χ2n) is 10.4. The fourth-order valence-corrected chi connectivity index (χ4v) is 5.68. The van der Waals surface area contributed by atoms with Gasteiger partial charge in [-0.1, -0.05) is 95.5 Å². The minimum absolute atomic E-state index is 0.175. The zero-order valence-electron chi connectivity index (χ0n) is 24.0. The second-order valence-corrected chi connectivity index (χ2v) is 11.6. The van der Waals surface area contributed by atoms with E-state index in [9.17, 15) is 9.18 Å². The fourth-order valence-electron chi connectivity index (χ4n) is 5.11. The van der Waals surface area contributed by atoms with E-state index in [0.29, 0.717) is 27.8 Å². The molecule has 0 spiro atoms. The van der Waals surface area contributed by atoms with Crippen molar-refractivity contribution in [1.82, 2.24) is 19.7 Å². The predicted octanol–water partition coefficient (Wildman–Crippen LogP) is 9.05. The van der Waals surface area contributed by atoms with Gasteiger partial charge in [0.05, 0.1) is 12.1 Å². The minimum Gasteiger partial charge on any atom is -0.354 e. The largest absolute Gasteiger partial charge is 0.354 e. The topological polar surface area (TPSA) is 85.2 Å². The van der Waals surface area contributed by atoms with Crippen LogP contribution in [0.3, 0.4) is 0 Å². The monoisotopic (exact) mass is 671 g/mol. The molecule has 7 rings (SSSR count). The van der Waals surface area contributed by atoms with Gasteiger partial charge in [0, 0.05) is 33.1 Å². The normalized spacial score (nSPS) is 16.7. The van der Waals surface area contributed by atoms with Gasteiger partial charge in [-0.15, -0.1) is 0 Å². The van der Waals surface area contributed by atoms with Crippen LogP contribution in [0.1, 0.15) is 27.6 Å². The lowest BCUT2D eigenvalue weighted by atomic mass is 9.91. The summed E-state index contributed by atoms with van der Waals surface area (Å²) in [5.41, 5.74) is 4.07. The molecule has 1 amide bonds. The fraction of sp³-hybridized carbons (Fsp3) is 0.0857. The first-order chi connectivity index (χ1) is 22.3. The van der Waals surface area contributed by atoms with E-state index in [2.05, 4.69) is 20.4 Å². The van der Waals surface area contributed by atoms with Crippen LogP contribution in [0.2, 0.25) is 15.2 Å². The Labute approximate surface area is 279 Å². The molecule has 0 bridgehead atoms. The molecule has 1 fully saturated rings. The first-order valence-electron chi connectivity index (χ1n) is 14.1. The summed E-state index contributed by atoms with van der Waals surface area (Å²) in [6, 6.07) is 32.2. The van der Waals surface area contributed by atoms with Crippen LogP contribution < -0.4 is 5.32 Å². The standard InChI is InChI=1S/C18H12Cl2N2O.C17H13ClFN3O/c19-13-9-7-12(8-10-13)14-4-1-2-6-16(14)22-18(23)15-5-3-11-21-17(15)20;18-15-4-2-1-3-14(15)16-17(23-16,9-22-11-20-10-21-22)12-5-7-13(19)8-6-12/h1-11H,(H,22,23);1-8,10-11,16H,9H2. The number of epoxide rings is 1. The van der Waals surface area contributed by atoms with Gasteiger partial charge < -0.3 is 10.1 Å². The van der Waals surface area contributed by atoms with Crippen LogP contribution >= 0.6 is 34.8 Å². The number of aromatic nitrogens is 4. The number of hydrogen-bond acceptors (Lipinski definition) is 5. The number of hydrogen-bond donors (Lipinski definition) is 1. The molecule has 0 saturated carbocycles. The number of amides is 1. The molecule has 1 saturated heterocycles. The average molecular weight is 673 g/mol. The lowest BCUT2D eigenvalue weighted by molar-refractivity contribution is 0.102. The number of nitrogens with one attached hydrogen (secondary N) is 1. The molecule has 0 aliphatic carbocycles. The number of anilines is 1. The van der Waals surface area contributed by atoms with Crippen LogP contribution in [0.5, 0.6) is 0 Å². The molecule has 1 N–H and O–H groups in total. The van der Waals surface area contributed by atoms with E-state index >= 15 is 0 Å². The van der Waals surface area contributed by atoms with Crippen molar-refractivity contribution >= 4 is 46.4 Å². The molecule has 2 unspecified atom stereocenters. The van der Waals surface area contributed by atoms with Crippen LogP contribution in [-0.4, -0.2) is 25.7 Å². The summed E-state index contributed by atoms with van der Waals surface area (Å²) in [6.07, 6.45) is 4.45. The molecule has 11 heteroatoms. The zero-order valence-corrected chi connectivity index (χ0v) is 26.3. The number of carbonyl (C=O) groups excluding carboxylic acids is 1. The van der Waals surface area contributed by atoms with Crippen molar-refractivity contribution in [1.29, 1.82) is 0 Å². The molecule has 7 nitrogen and oxygen atoms in total. The van der Waals surface area contributed by atoms with Gasteiger partial charge in [0.2, 0.25) is 0 Å². The van der Waals surface area contributed by atoms with E-state index in [-0.39, 0.29) is 23.0 Å². The van der Waals surface area contributed by atoms with Crippen LogP contribution in [-0.2, 0) is 16.9 Å². The van der Waals surface area contributed by atoms with Crippen molar-refractivity contribution in [3.8, 4) is 11.1 Å². The highest BCUT2D eigenvalue weighted by Gasteiger charge is 2.59. The van der Waals surface area contributed by atoms with E-state index in [1.165, 1.54) is 18.5 Å². The number of rotatable bonds is 7. The number of ether oxygens (including phenoxy) is 1. The van der Waals surface area contributed by atoms with Crippen molar-refractivity contribution in [2.75, 3.05) is 5.32 Å². The Morgan fingerprint density at radius 1 is 0.891 bits per heavy atom. The molecule has 1 aliphatic heterocycles. The quantitative estimate of drug-likeness (QED) is 0.135. The second kappa shape index (κ2) is 13.8. The Hall–Kier alpha value is -4.60. The van der Waals surface area contributed by atoms with Gasteiger partial charge in [-0.25, -0.2) is 19.0 Å². The molecule has 3 heterocycles. The number of para-hydroxylation sites is 1. The molecule has 0 radical (unpaired) electrons. The van der Waals surface area contributed by atoms with Gasteiger partial charge in [-0.3, -0.25) is 4.79 Å². The number of benzene rings is 4. The first-order valence-corrected chi connectivity index (χ1v) is 15.2. The van der Waals surface area contributed by atoms with Crippen molar-refractivity contribution in [2.24, 2.45) is 0 Å². The third-order valence-corrected chi connectivity index (χ3v) is 8.31. The summed E-state index contributed by atoms with van der Waals surface area (Å²) in [5.74, 6) is -0.580. The molecule has 4 aromatic carbocycles. The number of nitrogens with zero attached hydrogens (tertiary/aromatic N) is 4. The molecule has 46 heavy (non-hydrogen) atoms. The third kappa shape index (κ3) is 6.95. The summed E-state index contributed by atoms with van der Waals surface area (Å²) < 4.78 is 21.1. The lowest BCUT2D eigenvalue weighted by Gasteiger charge is -2.14. The van der Waals surface area contributed by atoms with Crippen molar-refractivity contribution < 1.29 is 13.9 Å². The lowest BCUT2D eigenvalue weighted by Crippen LogP contribution is -2.19. The maximum Gasteiger partial charge on any atom is 0.258 e. The zero-order chi connectivity index (χ0) is 32.1. The molecular weight excluding hydrogens is 648 g/mol. The molecule has 6 aromatic rings. The van der Waals surface area contributed by atoms with Crippen LogP contribution in [0.25, 0.3) is 11.1 Å². The Balaban J connectivity index is 0.000000162. The van der Waals surface area contributed by atoms with Crippen LogP contribution in [0.15, 0.2) is 128 Å². The SMILES string of the molecule is Fc1ccc(C2(Cn3cncn3)OC2c2ccccc2Cl)cc1.O=C(Nc1ccccc1-c1ccc(Cl)cc1)c1cccnc1Cl. The van der Waals surface area contributed by atoms with Crippen molar-refractivity contribution in [3.05, 3.63) is 166 Å². The van der Waals surface area contributed by atoms with Gasteiger partial charge in [-0.05, 0) is 59.7 Å². The molecule has 2 atom stereocenters. The number of carbonyl (C=O) groups is 1. The van der Waals surface area contributed by atoms with Gasteiger partial charge >= 0.3 is 0 Å². The van der Waals surface area contributed by atoms with Crippen LogP contribution in [0.4, 0.5) is 10.1 Å². The summed E-state index contributed by atoms with van der Waals surface area (Å²) in [6.45, 7) is 0.481. The molecule has 230 valence electrons. The summed E-state index contributed by atoms with van der Waals surface area (Å²) in [7, 11) is 0. The van der Waals surface area contributed by atoms with Crippen molar-refractivity contribution in [2.45, 2.75) is 18.2 Å². The smallest absolute Gasteiger partial charge is 0.258 e.